The monoisotopic (exact) mass is 2150 g/mol. The smallest absolute Gasteiger partial charge is 0.373 e. The summed E-state index contributed by atoms with van der Waals surface area (Å²) < 4.78 is 30.6. The fraction of sp³-hybridized carbons (Fsp3) is 0.557. The summed E-state index contributed by atoms with van der Waals surface area (Å²) in [5.74, 6) is 8.59. The van der Waals surface area contributed by atoms with E-state index in [1.807, 2.05) is 29.1 Å². The molecule has 24 fully saturated rings. The predicted molar refractivity (Wildman–Crippen MR) is 559 cm³/mol. The fourth-order valence-electron chi connectivity index (χ4n) is 26.8. The summed E-state index contributed by atoms with van der Waals surface area (Å²) in [5, 5.41) is 32.8. The number of ketones is 1. The Hall–Kier alpha value is -9.36. The van der Waals surface area contributed by atoms with Crippen LogP contribution in [0.2, 0.25) is 0 Å². The molecule has 6 aromatic rings. The van der Waals surface area contributed by atoms with Crippen LogP contribution in [0.25, 0.3) is 16.7 Å². The molecule has 772 valence electrons. The first-order valence-corrected chi connectivity index (χ1v) is 59.1. The molecule has 0 spiro atoms. The van der Waals surface area contributed by atoms with Crippen LogP contribution >= 0.6 is 84.0 Å². The van der Waals surface area contributed by atoms with E-state index in [1.54, 1.807) is 94.5 Å². The molecule has 6 aromatic heterocycles. The van der Waals surface area contributed by atoms with Crippen LogP contribution < -0.4 is 0 Å². The average molecular weight is 2150 g/mol. The van der Waals surface area contributed by atoms with E-state index in [0.717, 1.165) is 155 Å². The number of halogens is 1. The summed E-state index contributed by atoms with van der Waals surface area (Å²) in [6.45, 7) is 8.67. The van der Waals surface area contributed by atoms with Crippen LogP contribution in [0.4, 0.5) is 0 Å². The molecule has 0 radical (unpaired) electrons. The third-order valence-electron chi connectivity index (χ3n) is 32.6. The van der Waals surface area contributed by atoms with Crippen molar-refractivity contribution < 1.29 is 105 Å². The van der Waals surface area contributed by atoms with E-state index >= 15 is 0 Å². The topological polar surface area (TPSA) is 327 Å². The number of nitrogens with zero attached hydrogens (tertiary/aromatic N) is 1. The van der Waals surface area contributed by atoms with Gasteiger partial charge in [0, 0.05) is 51.5 Å². The third kappa shape index (κ3) is 25.9. The molecular weight excluding hydrogens is 2020 g/mol. The third-order valence-corrected chi connectivity index (χ3v) is 37.6. The Balaban J connectivity index is 0.000000116. The molecule has 3 saturated heterocycles. The van der Waals surface area contributed by atoms with Crippen LogP contribution in [0.15, 0.2) is 162 Å². The SMILES string of the molecule is BrC1CC1.CCCCC(=O)OCC.CCOC(=O)CC(C(=O)OCC)=C1C2CC3CC(C2)CC1C3.CON(C)C(=O)c1ccsc1.O=C(O)c1ccsc1.O=C(c1ccsc1)C1CC1.O=C1OC(=O)/C(=C(/c2ccsc2)C2CC2)C1=C1C2CC3CC(C2)CC1C3.O=C1OC(=O)/C(=C(\c2ccsc2)C2CC2)C1=C1C2CC3CC(C2)CC1C3.O=C1OC(=O)C(=C2C3CC4CC(C3)CC2C4)C1=C(c1ccsc1)C1CC1.O=C=O. The highest BCUT2D eigenvalue weighted by Gasteiger charge is 2.56. The highest BCUT2D eigenvalue weighted by atomic mass is 79.9. The van der Waals surface area contributed by atoms with Gasteiger partial charge < -0.3 is 33.5 Å². The molecule has 3 aliphatic heterocycles. The van der Waals surface area contributed by atoms with Crippen LogP contribution in [-0.4, -0.2) is 127 Å². The summed E-state index contributed by atoms with van der Waals surface area (Å²) >= 11 is 12.8. The molecule has 30 rings (SSSR count). The van der Waals surface area contributed by atoms with Gasteiger partial charge in [0.15, 0.2) is 5.78 Å². The van der Waals surface area contributed by atoms with Gasteiger partial charge in [0.1, 0.15) is 0 Å². The lowest BCUT2D eigenvalue weighted by atomic mass is 9.53. The molecule has 1 N–H and O–H groups in total. The summed E-state index contributed by atoms with van der Waals surface area (Å²) in [6, 6.07) is 11.5. The van der Waals surface area contributed by atoms with Crippen LogP contribution in [-0.2, 0) is 86.0 Å². The van der Waals surface area contributed by atoms with Gasteiger partial charge in [-0.3, -0.25) is 24.0 Å². The first-order valence-electron chi connectivity index (χ1n) is 52.6. The number of rotatable bonds is 20. The minimum absolute atomic E-state index is 0.0700. The van der Waals surface area contributed by atoms with Gasteiger partial charge in [0.2, 0.25) is 0 Å². The van der Waals surface area contributed by atoms with Crippen LogP contribution in [0, 0.1) is 118 Å². The lowest BCUT2D eigenvalue weighted by molar-refractivity contribution is -0.192. The number of esters is 9. The molecule has 23 nitrogen and oxygen atoms in total. The first-order chi connectivity index (χ1) is 70.2. The van der Waals surface area contributed by atoms with Crippen molar-refractivity contribution in [3.05, 3.63) is 196 Å². The number of hydroxylamine groups is 2. The molecule has 0 atom stereocenters. The summed E-state index contributed by atoms with van der Waals surface area (Å²) in [6.07, 6.45) is 39.3. The number of aromatic carboxylic acids is 1. The zero-order valence-corrected chi connectivity index (χ0v) is 90.0. The summed E-state index contributed by atoms with van der Waals surface area (Å²) in [4.78, 5) is 166. The fourth-order valence-corrected chi connectivity index (χ4v) is 30.9. The zero-order valence-electron chi connectivity index (χ0n) is 83.5. The molecule has 16 bridgehead atoms. The Labute approximate surface area is 880 Å². The highest BCUT2D eigenvalue weighted by molar-refractivity contribution is 9.09. The van der Waals surface area contributed by atoms with E-state index in [4.69, 9.17) is 48.0 Å². The van der Waals surface area contributed by atoms with E-state index in [0.29, 0.717) is 153 Å². The molecule has 145 heavy (non-hydrogen) atoms. The Morgan fingerprint density at radius 2 is 0.669 bits per heavy atom. The Morgan fingerprint density at radius 3 is 0.924 bits per heavy atom. The van der Waals surface area contributed by atoms with Gasteiger partial charge in [-0.1, -0.05) is 34.8 Å². The summed E-state index contributed by atoms with van der Waals surface area (Å²) in [7, 11) is 3.05. The summed E-state index contributed by atoms with van der Waals surface area (Å²) in [5.41, 5.74) is 18.1. The minimum Gasteiger partial charge on any atom is -0.478 e. The number of amides is 1. The number of alkyl halides is 1. The number of ether oxygens (including phenoxy) is 6. The number of Topliss-reactive ketones (excluding diaryl/α,β-unsaturated/α-hetero) is 1. The van der Waals surface area contributed by atoms with Crippen LogP contribution in [0.5, 0.6) is 0 Å². The maximum Gasteiger partial charge on any atom is 0.373 e. The largest absolute Gasteiger partial charge is 0.478 e. The second kappa shape index (κ2) is 48.9. The van der Waals surface area contributed by atoms with Gasteiger partial charge in [-0.15, -0.1) is 0 Å². The molecule has 0 aromatic carbocycles. The van der Waals surface area contributed by atoms with Crippen LogP contribution in [0.3, 0.4) is 0 Å². The number of hydrogen-bond acceptors (Lipinski definition) is 27. The van der Waals surface area contributed by atoms with E-state index in [2.05, 4.69) is 73.3 Å². The van der Waals surface area contributed by atoms with E-state index in [1.165, 1.54) is 198 Å². The van der Waals surface area contributed by atoms with Gasteiger partial charge in [0.25, 0.3) is 5.91 Å². The van der Waals surface area contributed by atoms with Crippen molar-refractivity contribution in [3.63, 3.8) is 0 Å². The van der Waals surface area contributed by atoms with Gasteiger partial charge in [-0.25, -0.2) is 43.4 Å². The number of cyclic esters (lactones) is 6. The lowest BCUT2D eigenvalue weighted by Crippen LogP contribution is -2.41. The average Bonchev–Trinajstić information content (AvgIpc) is 1.63. The minimum atomic E-state index is -0.855. The Morgan fingerprint density at radius 1 is 0.386 bits per heavy atom. The molecule has 30 heteroatoms. The van der Waals surface area contributed by atoms with Crippen molar-refractivity contribution in [3.8, 4) is 0 Å². The molecule has 9 heterocycles. The van der Waals surface area contributed by atoms with E-state index < -0.39 is 23.9 Å². The number of allylic oxidation sites excluding steroid dienone is 7. The first kappa shape index (κ1) is 107. The molecule has 0 unspecified atom stereocenters. The van der Waals surface area contributed by atoms with E-state index in [-0.39, 0.29) is 54.3 Å². The van der Waals surface area contributed by atoms with Crippen molar-refractivity contribution in [1.82, 2.24) is 5.06 Å². The van der Waals surface area contributed by atoms with Gasteiger partial charge in [0.05, 0.1) is 77.9 Å². The molecule has 21 saturated carbocycles. The maximum absolute atomic E-state index is 12.8. The maximum atomic E-state index is 12.8. The van der Waals surface area contributed by atoms with Crippen molar-refractivity contribution in [2.75, 3.05) is 34.0 Å². The molecule has 21 aliphatic carbocycles. The number of carbonyl (C=O) groups excluding carboxylic acids is 13. The van der Waals surface area contributed by atoms with Crippen LogP contribution in [0.1, 0.15) is 294 Å². The Bertz CT molecular complexity index is 5520. The van der Waals surface area contributed by atoms with Gasteiger partial charge >= 0.3 is 65.8 Å². The number of thiophene rings is 6. The number of carbonyl (C=O) groups is 12. The number of hydrogen-bond donors (Lipinski definition) is 1. The highest BCUT2D eigenvalue weighted by Crippen LogP contribution is 2.64. The second-order valence-electron chi connectivity index (χ2n) is 42.7. The van der Waals surface area contributed by atoms with Crippen molar-refractivity contribution >= 4 is 178 Å². The van der Waals surface area contributed by atoms with Crippen molar-refractivity contribution in [2.24, 2.45) is 118 Å². The van der Waals surface area contributed by atoms with Crippen molar-refractivity contribution in [2.45, 2.75) is 251 Å². The molecular formula is C115H132BrNO22S6. The molecule has 24 aliphatic rings. The lowest BCUT2D eigenvalue weighted by Gasteiger charge is -2.52. The Kier molecular flexibility index (Phi) is 36.1. The zero-order chi connectivity index (χ0) is 102. The van der Waals surface area contributed by atoms with Gasteiger partial charge in [-0.2, -0.15) is 77.6 Å². The normalized spacial score (nSPS) is 28.8. The number of carboxylic acid groups (broad SMARTS) is 1. The molecule has 1 amide bonds. The van der Waals surface area contributed by atoms with E-state index in [9.17, 15) is 57.5 Å². The quantitative estimate of drug-likeness (QED) is 0.0141. The predicted octanol–water partition coefficient (Wildman–Crippen LogP) is 25.4. The standard InChI is InChI=1S/3C22H22O3S.C18H26O4.C8H8OS.C7H9NO2S.C7H14O2.C5H4O2S.C3H5Br.CO2/c3*23-21-19(17(13-1-2-13)14-3-4-26-10-14)20(22(24)25-21)18-15-6-11-5-12(8-15)9-16(18)7-11;1-3-21-16(19)10-15(18(20)22-4-2)17-13-6-11-5-12(8-13)9-14(17)7-11;9-8(6-1-2-6)7-3-4-10-5-7;1-8(10-2)7(9)6-3-4-11-5-6;1-3-5-6-7(8)9-4-2;6-5(7)4-1-2-8-3-4;4-3-1-2-3;2-1-3/h3*3-4,10-13,15-16H,1-2,5-9H2;11-14H,3-10H2,1-2H3;3-6H,1-2H2;3-5H,1-2H3;3-6H2,1-2H3;1-3H,(H,6,7);3H,1-2H2;/b19-17+,20-18?;19-17-,20-18?;;;;;;;;. The number of carboxylic acids is 1. The van der Waals surface area contributed by atoms with Gasteiger partial charge in [-0.05, 0) is 467 Å². The number of unbranched alkanes of at least 4 members (excludes halogenated alkanes) is 1. The van der Waals surface area contributed by atoms with Crippen molar-refractivity contribution in [1.29, 1.82) is 0 Å². The second-order valence-corrected chi connectivity index (χ2v) is 48.7.